The van der Waals surface area contributed by atoms with Crippen LogP contribution in [0, 0.1) is 5.92 Å². The summed E-state index contributed by atoms with van der Waals surface area (Å²) in [5.74, 6) is 0.439. The van der Waals surface area contributed by atoms with Crippen LogP contribution in [0.15, 0.2) is 22.8 Å². The molecule has 3 saturated heterocycles. The van der Waals surface area contributed by atoms with Crippen molar-refractivity contribution in [1.82, 2.24) is 20.0 Å². The van der Waals surface area contributed by atoms with Crippen LogP contribution in [0.3, 0.4) is 0 Å². The van der Waals surface area contributed by atoms with E-state index in [1.54, 1.807) is 31.3 Å². The predicted octanol–water partition coefficient (Wildman–Crippen LogP) is -0.0932. The molecule has 2 bridgehead atoms. The van der Waals surface area contributed by atoms with Gasteiger partial charge in [0.1, 0.15) is 12.3 Å². The summed E-state index contributed by atoms with van der Waals surface area (Å²) in [6.45, 7) is 1.91. The summed E-state index contributed by atoms with van der Waals surface area (Å²) in [6, 6.07) is 3.58. The predicted molar refractivity (Wildman–Crippen MR) is 93.9 cm³/mol. The Morgan fingerprint density at radius 3 is 2.77 bits per heavy atom. The second-order valence-electron chi connectivity index (χ2n) is 7.23. The highest BCUT2D eigenvalue weighted by Crippen LogP contribution is 2.28. The minimum atomic E-state index is -0.137. The van der Waals surface area contributed by atoms with E-state index in [0.717, 1.165) is 12.8 Å². The molecule has 8 nitrogen and oxygen atoms in total. The minimum Gasteiger partial charge on any atom is -0.467 e. The number of rotatable bonds is 6. The molecular formula is C18H26N4O4. The van der Waals surface area contributed by atoms with Gasteiger partial charge in [-0.05, 0) is 25.0 Å². The lowest BCUT2D eigenvalue weighted by atomic mass is 9.94. The fraction of sp³-hybridized carbons (Fsp3) is 0.611. The van der Waals surface area contributed by atoms with Gasteiger partial charge in [0.25, 0.3) is 0 Å². The molecule has 0 saturated carbocycles. The topological polar surface area (TPSA) is 86.1 Å². The van der Waals surface area contributed by atoms with Crippen molar-refractivity contribution in [3.63, 3.8) is 0 Å². The van der Waals surface area contributed by atoms with Crippen molar-refractivity contribution in [3.05, 3.63) is 24.2 Å². The number of fused-ring (bicyclic) bond motifs is 4. The molecule has 3 aliphatic heterocycles. The maximum Gasteiger partial charge on any atom is 0.241 e. The average Bonchev–Trinajstić information content (AvgIpc) is 2.99. The molecule has 1 N–H and O–H groups in total. The Kier molecular flexibility index (Phi) is 5.61. The molecule has 8 heteroatoms. The van der Waals surface area contributed by atoms with Gasteiger partial charge in [-0.2, -0.15) is 0 Å². The third-order valence-corrected chi connectivity index (χ3v) is 5.08. The van der Waals surface area contributed by atoms with E-state index >= 15 is 0 Å². The standard InChI is InChI=1S/C18H26N4O4/c1-20(2)17(24)12-22-14-6-5-13(18(22)25)9-21(10-14)11-16(23)19-8-15-4-3-7-26-15/h3-4,7,13-14H,5-6,8-12H2,1-2H3,(H,19,23)/t13-,14+/m0/s1. The average molecular weight is 362 g/mol. The summed E-state index contributed by atoms with van der Waals surface area (Å²) >= 11 is 0. The van der Waals surface area contributed by atoms with Gasteiger partial charge in [-0.3, -0.25) is 19.3 Å². The van der Waals surface area contributed by atoms with Crippen molar-refractivity contribution in [3.8, 4) is 0 Å². The quantitative estimate of drug-likeness (QED) is 0.764. The summed E-state index contributed by atoms with van der Waals surface area (Å²) in [4.78, 5) is 42.2. The van der Waals surface area contributed by atoms with E-state index in [-0.39, 0.29) is 42.8 Å². The van der Waals surface area contributed by atoms with Gasteiger partial charge < -0.3 is 19.5 Å². The highest BCUT2D eigenvalue weighted by Gasteiger charge is 2.41. The van der Waals surface area contributed by atoms with Crippen molar-refractivity contribution < 1.29 is 18.8 Å². The fourth-order valence-electron chi connectivity index (χ4n) is 3.61. The first-order valence-corrected chi connectivity index (χ1v) is 8.96. The Hall–Kier alpha value is -2.35. The Morgan fingerprint density at radius 1 is 1.27 bits per heavy atom. The number of nitrogens with zero attached hydrogens (tertiary/aromatic N) is 3. The number of piperidine rings is 1. The Labute approximate surface area is 153 Å². The maximum absolute atomic E-state index is 12.7. The van der Waals surface area contributed by atoms with Crippen LogP contribution in [-0.2, 0) is 20.9 Å². The SMILES string of the molecule is CN(C)C(=O)CN1C(=O)[C@H]2CC[C@@H]1CN(CC(=O)NCc1ccco1)C2. The Balaban J connectivity index is 1.57. The number of nitrogens with one attached hydrogen (secondary N) is 1. The zero-order valence-electron chi connectivity index (χ0n) is 15.3. The van der Waals surface area contributed by atoms with E-state index in [4.69, 9.17) is 4.42 Å². The molecule has 142 valence electrons. The second-order valence-corrected chi connectivity index (χ2v) is 7.23. The molecule has 2 atom stereocenters. The zero-order chi connectivity index (χ0) is 18.7. The van der Waals surface area contributed by atoms with Crippen molar-refractivity contribution in [2.75, 3.05) is 40.3 Å². The molecule has 4 heterocycles. The minimum absolute atomic E-state index is 0.0111. The summed E-state index contributed by atoms with van der Waals surface area (Å²) in [5.41, 5.74) is 0. The summed E-state index contributed by atoms with van der Waals surface area (Å²) in [7, 11) is 3.39. The van der Waals surface area contributed by atoms with Crippen LogP contribution >= 0.6 is 0 Å². The number of carbonyl (C=O) groups is 3. The molecule has 3 aliphatic rings. The molecule has 0 spiro atoms. The largest absolute Gasteiger partial charge is 0.467 e. The normalized spacial score (nSPS) is 23.0. The molecule has 0 aliphatic carbocycles. The van der Waals surface area contributed by atoms with Gasteiger partial charge in [-0.15, -0.1) is 0 Å². The number of carbonyl (C=O) groups excluding carboxylic acids is 3. The van der Waals surface area contributed by atoms with Gasteiger partial charge in [-0.1, -0.05) is 0 Å². The summed E-state index contributed by atoms with van der Waals surface area (Å²) in [5, 5.41) is 2.84. The molecule has 1 aromatic heterocycles. The van der Waals surface area contributed by atoms with E-state index in [9.17, 15) is 14.4 Å². The van der Waals surface area contributed by atoms with Crippen molar-refractivity contribution in [2.24, 2.45) is 5.92 Å². The van der Waals surface area contributed by atoms with Gasteiger partial charge in [-0.25, -0.2) is 0 Å². The molecule has 4 rings (SSSR count). The highest BCUT2D eigenvalue weighted by molar-refractivity contribution is 5.87. The first kappa shape index (κ1) is 18.4. The van der Waals surface area contributed by atoms with Crippen LogP contribution in [0.2, 0.25) is 0 Å². The first-order valence-electron chi connectivity index (χ1n) is 8.96. The van der Waals surface area contributed by atoms with Crippen LogP contribution in [-0.4, -0.2) is 78.7 Å². The summed E-state index contributed by atoms with van der Waals surface area (Å²) in [6.07, 6.45) is 3.27. The van der Waals surface area contributed by atoms with Crippen LogP contribution in [0.25, 0.3) is 0 Å². The third-order valence-electron chi connectivity index (χ3n) is 5.08. The van der Waals surface area contributed by atoms with Crippen molar-refractivity contribution >= 4 is 17.7 Å². The van der Waals surface area contributed by atoms with Crippen LogP contribution in [0.1, 0.15) is 18.6 Å². The lowest BCUT2D eigenvalue weighted by Gasteiger charge is -2.36. The lowest BCUT2D eigenvalue weighted by Crippen LogP contribution is -2.51. The van der Waals surface area contributed by atoms with Gasteiger partial charge in [0.2, 0.25) is 17.7 Å². The molecule has 0 radical (unpaired) electrons. The van der Waals surface area contributed by atoms with Crippen molar-refractivity contribution in [1.29, 1.82) is 0 Å². The van der Waals surface area contributed by atoms with Gasteiger partial charge in [0.05, 0.1) is 25.3 Å². The molecule has 3 fully saturated rings. The van der Waals surface area contributed by atoms with E-state index in [2.05, 4.69) is 5.32 Å². The number of hydrogen-bond acceptors (Lipinski definition) is 5. The van der Waals surface area contributed by atoms with Gasteiger partial charge >= 0.3 is 0 Å². The highest BCUT2D eigenvalue weighted by atomic mass is 16.3. The zero-order valence-corrected chi connectivity index (χ0v) is 15.3. The van der Waals surface area contributed by atoms with E-state index in [0.29, 0.717) is 25.4 Å². The number of amides is 3. The number of furan rings is 1. The first-order chi connectivity index (χ1) is 12.4. The Morgan fingerprint density at radius 2 is 2.08 bits per heavy atom. The van der Waals surface area contributed by atoms with Gasteiger partial charge in [0, 0.05) is 33.2 Å². The second kappa shape index (κ2) is 7.90. The number of hydrogen-bond donors (Lipinski definition) is 1. The third kappa shape index (κ3) is 4.24. The fourth-order valence-corrected chi connectivity index (χ4v) is 3.61. The molecular weight excluding hydrogens is 336 g/mol. The van der Waals surface area contributed by atoms with Crippen molar-refractivity contribution in [2.45, 2.75) is 25.4 Å². The molecule has 0 aromatic carbocycles. The van der Waals surface area contributed by atoms with E-state index < -0.39 is 0 Å². The maximum atomic E-state index is 12.7. The van der Waals surface area contributed by atoms with Crippen LogP contribution in [0.4, 0.5) is 0 Å². The van der Waals surface area contributed by atoms with Crippen LogP contribution < -0.4 is 5.32 Å². The summed E-state index contributed by atoms with van der Waals surface area (Å²) < 4.78 is 5.21. The smallest absolute Gasteiger partial charge is 0.241 e. The van der Waals surface area contributed by atoms with Gasteiger partial charge in [0.15, 0.2) is 0 Å². The Bertz CT molecular complexity index is 658. The van der Waals surface area contributed by atoms with Crippen LogP contribution in [0.5, 0.6) is 0 Å². The molecule has 26 heavy (non-hydrogen) atoms. The van der Waals surface area contributed by atoms with E-state index in [1.807, 2.05) is 11.0 Å². The lowest BCUT2D eigenvalue weighted by molar-refractivity contribution is -0.145. The molecule has 0 unspecified atom stereocenters. The monoisotopic (exact) mass is 362 g/mol. The van der Waals surface area contributed by atoms with E-state index in [1.165, 1.54) is 4.90 Å². The number of likely N-dealkylation sites (N-methyl/N-ethyl adjacent to an activating group) is 1. The molecule has 3 amide bonds. The molecule has 1 aromatic rings.